The maximum absolute atomic E-state index is 6.44. The summed E-state index contributed by atoms with van der Waals surface area (Å²) >= 11 is 0. The van der Waals surface area contributed by atoms with E-state index in [-0.39, 0.29) is 29.6 Å². The van der Waals surface area contributed by atoms with Gasteiger partial charge in [0.2, 0.25) is 0 Å². The van der Waals surface area contributed by atoms with Crippen LogP contribution < -0.4 is 0 Å². The van der Waals surface area contributed by atoms with Crippen LogP contribution in [0.3, 0.4) is 0 Å². The Morgan fingerprint density at radius 3 is 2.48 bits per heavy atom. The minimum Gasteiger partial charge on any atom is -0.409 e. The first-order valence-electron chi connectivity index (χ1n) is 8.38. The van der Waals surface area contributed by atoms with Crippen LogP contribution in [0.15, 0.2) is 30.3 Å². The lowest BCUT2D eigenvalue weighted by molar-refractivity contribution is -0.180. The second kappa shape index (κ2) is 6.30. The Labute approximate surface area is 140 Å². The van der Waals surface area contributed by atoms with Gasteiger partial charge in [-0.1, -0.05) is 51.1 Å². The van der Waals surface area contributed by atoms with E-state index in [0.717, 1.165) is 5.56 Å². The SMILES string of the molecule is CC(C)(C)[Si](C)(C)O[C@H]1CO[C@H](OCc2ccccc2)[C@H]2O[C@@H]21. The van der Waals surface area contributed by atoms with Crippen molar-refractivity contribution in [2.75, 3.05) is 6.61 Å². The molecule has 2 heterocycles. The average Bonchev–Trinajstić information content (AvgIpc) is 3.27. The number of fused-ring (bicyclic) bond motifs is 1. The minimum absolute atomic E-state index is 0.0160. The van der Waals surface area contributed by atoms with Crippen LogP contribution >= 0.6 is 0 Å². The van der Waals surface area contributed by atoms with E-state index in [1.165, 1.54) is 0 Å². The van der Waals surface area contributed by atoms with Gasteiger partial charge >= 0.3 is 0 Å². The van der Waals surface area contributed by atoms with Crippen molar-refractivity contribution in [2.24, 2.45) is 0 Å². The van der Waals surface area contributed by atoms with Crippen molar-refractivity contribution < 1.29 is 18.6 Å². The Morgan fingerprint density at radius 2 is 1.83 bits per heavy atom. The average molecular weight is 337 g/mol. The van der Waals surface area contributed by atoms with Gasteiger partial charge in [0.15, 0.2) is 14.6 Å². The van der Waals surface area contributed by atoms with Gasteiger partial charge in [0.1, 0.15) is 12.2 Å². The Kier molecular flexibility index (Phi) is 4.68. The third-order valence-corrected chi connectivity index (χ3v) is 9.63. The van der Waals surface area contributed by atoms with Gasteiger partial charge in [0, 0.05) is 0 Å². The largest absolute Gasteiger partial charge is 0.409 e. The van der Waals surface area contributed by atoms with Crippen molar-refractivity contribution in [3.8, 4) is 0 Å². The zero-order valence-electron chi connectivity index (χ0n) is 14.7. The summed E-state index contributed by atoms with van der Waals surface area (Å²) in [6, 6.07) is 10.1. The molecule has 2 aliphatic rings. The highest BCUT2D eigenvalue weighted by molar-refractivity contribution is 6.74. The van der Waals surface area contributed by atoms with Crippen LogP contribution in [0.25, 0.3) is 0 Å². The molecule has 0 radical (unpaired) electrons. The van der Waals surface area contributed by atoms with Crippen molar-refractivity contribution in [2.45, 2.75) is 70.1 Å². The van der Waals surface area contributed by atoms with E-state index < -0.39 is 8.32 Å². The molecular weight excluding hydrogens is 308 g/mol. The van der Waals surface area contributed by atoms with Crippen molar-refractivity contribution in [3.05, 3.63) is 35.9 Å². The second-order valence-electron chi connectivity index (χ2n) is 7.98. The highest BCUT2D eigenvalue weighted by Crippen LogP contribution is 2.42. The Hall–Kier alpha value is -0.723. The molecule has 128 valence electrons. The van der Waals surface area contributed by atoms with Crippen LogP contribution in [-0.4, -0.2) is 39.5 Å². The zero-order valence-corrected chi connectivity index (χ0v) is 15.7. The molecule has 5 heteroatoms. The maximum Gasteiger partial charge on any atom is 0.192 e. The lowest BCUT2D eigenvalue weighted by Gasteiger charge is -2.40. The number of rotatable bonds is 5. The van der Waals surface area contributed by atoms with E-state index in [1.54, 1.807) is 0 Å². The van der Waals surface area contributed by atoms with Crippen molar-refractivity contribution >= 4 is 8.32 Å². The number of epoxide rings is 1. The topological polar surface area (TPSA) is 40.2 Å². The molecule has 0 N–H and O–H groups in total. The van der Waals surface area contributed by atoms with E-state index in [9.17, 15) is 0 Å². The van der Waals surface area contributed by atoms with Gasteiger partial charge in [-0.25, -0.2) is 0 Å². The summed E-state index contributed by atoms with van der Waals surface area (Å²) in [5, 5.41) is 0.193. The first-order chi connectivity index (χ1) is 10.8. The summed E-state index contributed by atoms with van der Waals surface area (Å²) in [7, 11) is -1.80. The molecule has 0 aromatic heterocycles. The van der Waals surface area contributed by atoms with Crippen LogP contribution in [0, 0.1) is 0 Å². The molecule has 2 saturated heterocycles. The molecule has 2 aliphatic heterocycles. The summed E-state index contributed by atoms with van der Waals surface area (Å²) < 4.78 is 24.0. The maximum atomic E-state index is 6.44. The van der Waals surface area contributed by atoms with E-state index in [0.29, 0.717) is 13.2 Å². The van der Waals surface area contributed by atoms with Gasteiger partial charge in [0.05, 0.1) is 19.3 Å². The molecule has 0 bridgehead atoms. The Bertz CT molecular complexity index is 526. The Balaban J connectivity index is 1.51. The van der Waals surface area contributed by atoms with E-state index in [2.05, 4.69) is 46.0 Å². The summed E-state index contributed by atoms with van der Waals surface area (Å²) in [6.45, 7) is 12.4. The van der Waals surface area contributed by atoms with Gasteiger partial charge in [-0.3, -0.25) is 0 Å². The zero-order chi connectivity index (χ0) is 16.7. The molecule has 1 aromatic carbocycles. The summed E-state index contributed by atoms with van der Waals surface area (Å²) in [6.07, 6.45) is -0.0992. The lowest BCUT2D eigenvalue weighted by Crippen LogP contribution is -2.49. The number of ether oxygens (including phenoxy) is 3. The smallest absolute Gasteiger partial charge is 0.192 e. The van der Waals surface area contributed by atoms with Gasteiger partial charge < -0.3 is 18.6 Å². The second-order valence-corrected chi connectivity index (χ2v) is 12.7. The molecule has 4 atom stereocenters. The van der Waals surface area contributed by atoms with Crippen LogP contribution in [-0.2, 0) is 25.2 Å². The fraction of sp³-hybridized carbons (Fsp3) is 0.667. The minimum atomic E-state index is -1.80. The molecule has 0 aliphatic carbocycles. The molecule has 0 spiro atoms. The lowest BCUT2D eigenvalue weighted by atomic mass is 10.1. The van der Waals surface area contributed by atoms with Crippen molar-refractivity contribution in [1.29, 1.82) is 0 Å². The molecule has 2 fully saturated rings. The monoisotopic (exact) mass is 336 g/mol. The molecule has 1 aromatic rings. The van der Waals surface area contributed by atoms with Crippen LogP contribution in [0.1, 0.15) is 26.3 Å². The predicted molar refractivity (Wildman–Crippen MR) is 91.7 cm³/mol. The molecule has 3 rings (SSSR count). The van der Waals surface area contributed by atoms with Gasteiger partial charge in [-0.2, -0.15) is 0 Å². The first-order valence-corrected chi connectivity index (χ1v) is 11.3. The molecule has 23 heavy (non-hydrogen) atoms. The van der Waals surface area contributed by atoms with E-state index in [1.807, 2.05) is 18.2 Å². The summed E-state index contributed by atoms with van der Waals surface area (Å²) in [5.74, 6) is 0. The van der Waals surface area contributed by atoms with Gasteiger partial charge in [0.25, 0.3) is 0 Å². The molecular formula is C18H28O4Si. The molecule has 0 saturated carbocycles. The quantitative estimate of drug-likeness (QED) is 0.607. The highest BCUT2D eigenvalue weighted by Gasteiger charge is 2.57. The van der Waals surface area contributed by atoms with Crippen LogP contribution in [0.2, 0.25) is 18.1 Å². The number of benzene rings is 1. The van der Waals surface area contributed by atoms with Gasteiger partial charge in [-0.05, 0) is 23.7 Å². The van der Waals surface area contributed by atoms with E-state index >= 15 is 0 Å². The standard InChI is InChI=1S/C18H28O4Si/c1-18(2,3)23(4,5)22-14-12-20-17(16-15(14)21-16)19-11-13-9-7-6-8-10-13/h6-10,14-17H,11-12H2,1-5H3/t14-,15+,16-,17-/m0/s1. The third kappa shape index (κ3) is 3.86. The van der Waals surface area contributed by atoms with Crippen LogP contribution in [0.4, 0.5) is 0 Å². The van der Waals surface area contributed by atoms with Crippen molar-refractivity contribution in [3.63, 3.8) is 0 Å². The predicted octanol–water partition coefficient (Wildman–Crippen LogP) is 3.72. The fourth-order valence-electron chi connectivity index (χ4n) is 2.59. The number of hydrogen-bond acceptors (Lipinski definition) is 4. The first kappa shape index (κ1) is 17.1. The Morgan fingerprint density at radius 1 is 1.13 bits per heavy atom. The summed E-state index contributed by atoms with van der Waals surface area (Å²) in [5.41, 5.74) is 1.15. The highest BCUT2D eigenvalue weighted by atomic mass is 28.4. The fourth-order valence-corrected chi connectivity index (χ4v) is 3.90. The van der Waals surface area contributed by atoms with E-state index in [4.69, 9.17) is 18.6 Å². The third-order valence-electron chi connectivity index (χ3n) is 5.13. The number of hydrogen-bond donors (Lipinski definition) is 0. The van der Waals surface area contributed by atoms with Crippen LogP contribution in [0.5, 0.6) is 0 Å². The molecule has 0 unspecified atom stereocenters. The molecule has 0 amide bonds. The van der Waals surface area contributed by atoms with Gasteiger partial charge in [-0.15, -0.1) is 0 Å². The summed E-state index contributed by atoms with van der Waals surface area (Å²) in [4.78, 5) is 0. The normalized spacial score (nSPS) is 30.8. The van der Waals surface area contributed by atoms with Crippen molar-refractivity contribution in [1.82, 2.24) is 0 Å². The molecule has 4 nitrogen and oxygen atoms in total.